The first-order valence-corrected chi connectivity index (χ1v) is 5.11. The number of hydrogen-bond donors (Lipinski definition) is 1. The van der Waals surface area contributed by atoms with Crippen LogP contribution in [0.1, 0.15) is 12.8 Å². The molecule has 2 N–H and O–H groups in total. The molecule has 0 amide bonds. The summed E-state index contributed by atoms with van der Waals surface area (Å²) in [6, 6.07) is 0.0514. The van der Waals surface area contributed by atoms with Crippen molar-refractivity contribution < 1.29 is 9.26 Å². The van der Waals surface area contributed by atoms with Crippen LogP contribution < -0.4 is 5.73 Å². The highest BCUT2D eigenvalue weighted by Gasteiger charge is 2.24. The van der Waals surface area contributed by atoms with E-state index < -0.39 is 0 Å². The lowest BCUT2D eigenvalue weighted by molar-refractivity contribution is -0.0427. The van der Waals surface area contributed by atoms with Gasteiger partial charge in [0.05, 0.1) is 19.3 Å². The SMILES string of the molecule is CC(N)C1CN(Cc2ncno2)CCO1. The van der Waals surface area contributed by atoms with Gasteiger partial charge in [0.1, 0.15) is 0 Å². The van der Waals surface area contributed by atoms with Gasteiger partial charge in [-0.3, -0.25) is 4.90 Å². The normalized spacial score (nSPS) is 25.3. The molecule has 2 rings (SSSR count). The minimum Gasteiger partial charge on any atom is -0.374 e. The first-order chi connectivity index (χ1) is 7.25. The van der Waals surface area contributed by atoms with Gasteiger partial charge in [0.2, 0.25) is 5.89 Å². The molecule has 0 aliphatic carbocycles. The molecular weight excluding hydrogens is 196 g/mol. The summed E-state index contributed by atoms with van der Waals surface area (Å²) in [7, 11) is 0. The number of ether oxygens (including phenoxy) is 1. The third kappa shape index (κ3) is 2.74. The molecule has 0 aromatic carbocycles. The van der Waals surface area contributed by atoms with E-state index in [0.717, 1.165) is 13.1 Å². The number of aromatic nitrogens is 2. The fraction of sp³-hybridized carbons (Fsp3) is 0.778. The number of morpholine rings is 1. The standard InChI is InChI=1S/C9H16N4O2/c1-7(10)8-4-13(2-3-14-8)5-9-11-6-12-15-9/h6-8H,2-5,10H2,1H3. The van der Waals surface area contributed by atoms with Crippen molar-refractivity contribution >= 4 is 0 Å². The highest BCUT2D eigenvalue weighted by atomic mass is 16.5. The van der Waals surface area contributed by atoms with Crippen molar-refractivity contribution in [1.82, 2.24) is 15.0 Å². The number of nitrogens with zero attached hydrogens (tertiary/aromatic N) is 3. The van der Waals surface area contributed by atoms with E-state index in [9.17, 15) is 0 Å². The predicted molar refractivity (Wildman–Crippen MR) is 53.0 cm³/mol. The molecular formula is C9H16N4O2. The molecule has 0 saturated carbocycles. The van der Waals surface area contributed by atoms with Crippen LogP contribution >= 0.6 is 0 Å². The second-order valence-corrected chi connectivity index (χ2v) is 3.84. The van der Waals surface area contributed by atoms with E-state index in [1.54, 1.807) is 0 Å². The number of rotatable bonds is 3. The molecule has 1 aromatic heterocycles. The fourth-order valence-corrected chi connectivity index (χ4v) is 1.65. The van der Waals surface area contributed by atoms with Gasteiger partial charge in [-0.2, -0.15) is 4.98 Å². The van der Waals surface area contributed by atoms with E-state index in [1.807, 2.05) is 6.92 Å². The Kier molecular flexibility index (Phi) is 3.30. The Morgan fingerprint density at radius 1 is 1.73 bits per heavy atom. The smallest absolute Gasteiger partial charge is 0.240 e. The number of hydrogen-bond acceptors (Lipinski definition) is 6. The van der Waals surface area contributed by atoms with Crippen LogP contribution in [0.5, 0.6) is 0 Å². The molecule has 2 heterocycles. The topological polar surface area (TPSA) is 77.4 Å². The van der Waals surface area contributed by atoms with Crippen LogP contribution in [0.15, 0.2) is 10.9 Å². The molecule has 1 fully saturated rings. The van der Waals surface area contributed by atoms with Crippen LogP contribution in [-0.2, 0) is 11.3 Å². The molecule has 0 bridgehead atoms. The lowest BCUT2D eigenvalue weighted by atomic mass is 10.1. The van der Waals surface area contributed by atoms with Gasteiger partial charge in [-0.25, -0.2) is 0 Å². The van der Waals surface area contributed by atoms with E-state index in [-0.39, 0.29) is 12.1 Å². The summed E-state index contributed by atoms with van der Waals surface area (Å²) in [5, 5.41) is 3.57. The van der Waals surface area contributed by atoms with Gasteiger partial charge in [-0.05, 0) is 6.92 Å². The molecule has 1 aliphatic heterocycles. The first kappa shape index (κ1) is 10.5. The van der Waals surface area contributed by atoms with Crippen molar-refractivity contribution in [2.75, 3.05) is 19.7 Å². The first-order valence-electron chi connectivity index (χ1n) is 5.11. The Bertz CT molecular complexity index is 288. The molecule has 1 aromatic rings. The summed E-state index contributed by atoms with van der Waals surface area (Å²) < 4.78 is 10.5. The molecule has 0 spiro atoms. The molecule has 6 heteroatoms. The molecule has 1 aliphatic rings. The van der Waals surface area contributed by atoms with Gasteiger partial charge in [0.15, 0.2) is 6.33 Å². The summed E-state index contributed by atoms with van der Waals surface area (Å²) in [5.74, 6) is 0.639. The monoisotopic (exact) mass is 212 g/mol. The van der Waals surface area contributed by atoms with Gasteiger partial charge >= 0.3 is 0 Å². The van der Waals surface area contributed by atoms with Crippen molar-refractivity contribution in [3.05, 3.63) is 12.2 Å². The van der Waals surface area contributed by atoms with Crippen LogP contribution in [0, 0.1) is 0 Å². The van der Waals surface area contributed by atoms with Crippen molar-refractivity contribution in [2.24, 2.45) is 5.73 Å². The quantitative estimate of drug-likeness (QED) is 0.735. The van der Waals surface area contributed by atoms with E-state index in [2.05, 4.69) is 15.0 Å². The molecule has 84 valence electrons. The zero-order valence-corrected chi connectivity index (χ0v) is 8.80. The summed E-state index contributed by atoms with van der Waals surface area (Å²) >= 11 is 0. The zero-order chi connectivity index (χ0) is 10.7. The van der Waals surface area contributed by atoms with E-state index >= 15 is 0 Å². The van der Waals surface area contributed by atoms with Crippen molar-refractivity contribution in [1.29, 1.82) is 0 Å². The maximum absolute atomic E-state index is 5.80. The van der Waals surface area contributed by atoms with Gasteiger partial charge < -0.3 is 15.0 Å². The lowest BCUT2D eigenvalue weighted by Crippen LogP contribution is -2.49. The predicted octanol–water partition coefficient (Wildman–Crippen LogP) is -0.382. The second-order valence-electron chi connectivity index (χ2n) is 3.84. The average Bonchev–Trinajstić information content (AvgIpc) is 2.71. The van der Waals surface area contributed by atoms with Crippen LogP contribution in [0.25, 0.3) is 0 Å². The Morgan fingerprint density at radius 2 is 2.60 bits per heavy atom. The highest BCUT2D eigenvalue weighted by Crippen LogP contribution is 2.10. The summed E-state index contributed by atoms with van der Waals surface area (Å²) in [6.45, 7) is 5.04. The van der Waals surface area contributed by atoms with Crippen molar-refractivity contribution in [2.45, 2.75) is 25.6 Å². The maximum Gasteiger partial charge on any atom is 0.240 e. The Hall–Kier alpha value is -0.980. The molecule has 1 saturated heterocycles. The minimum absolute atomic E-state index is 0.0514. The van der Waals surface area contributed by atoms with Crippen LogP contribution in [0.4, 0.5) is 0 Å². The van der Waals surface area contributed by atoms with Crippen LogP contribution in [-0.4, -0.2) is 46.9 Å². The van der Waals surface area contributed by atoms with Crippen LogP contribution in [0.3, 0.4) is 0 Å². The van der Waals surface area contributed by atoms with E-state index in [0.29, 0.717) is 19.0 Å². The van der Waals surface area contributed by atoms with Crippen LogP contribution in [0.2, 0.25) is 0 Å². The maximum atomic E-state index is 5.80. The van der Waals surface area contributed by atoms with E-state index in [4.69, 9.17) is 15.0 Å². The summed E-state index contributed by atoms with van der Waals surface area (Å²) in [5.41, 5.74) is 5.80. The summed E-state index contributed by atoms with van der Waals surface area (Å²) in [6.07, 6.45) is 1.51. The fourth-order valence-electron chi connectivity index (χ4n) is 1.65. The molecule has 2 unspecified atom stereocenters. The van der Waals surface area contributed by atoms with Crippen molar-refractivity contribution in [3.8, 4) is 0 Å². The Morgan fingerprint density at radius 3 is 3.27 bits per heavy atom. The second kappa shape index (κ2) is 4.69. The third-order valence-electron chi connectivity index (χ3n) is 2.53. The van der Waals surface area contributed by atoms with Gasteiger partial charge in [0.25, 0.3) is 0 Å². The third-order valence-corrected chi connectivity index (χ3v) is 2.53. The zero-order valence-electron chi connectivity index (χ0n) is 8.80. The Labute approximate surface area is 88.4 Å². The van der Waals surface area contributed by atoms with Gasteiger partial charge in [-0.15, -0.1) is 0 Å². The molecule has 0 radical (unpaired) electrons. The summed E-state index contributed by atoms with van der Waals surface area (Å²) in [4.78, 5) is 6.20. The minimum atomic E-state index is 0.0514. The van der Waals surface area contributed by atoms with Gasteiger partial charge in [0, 0.05) is 19.1 Å². The Balaban J connectivity index is 1.88. The average molecular weight is 212 g/mol. The number of nitrogens with two attached hydrogens (primary N) is 1. The highest BCUT2D eigenvalue weighted by molar-refractivity contribution is 4.81. The van der Waals surface area contributed by atoms with Crippen molar-refractivity contribution in [3.63, 3.8) is 0 Å². The largest absolute Gasteiger partial charge is 0.374 e. The molecule has 15 heavy (non-hydrogen) atoms. The molecule has 6 nitrogen and oxygen atoms in total. The van der Waals surface area contributed by atoms with Gasteiger partial charge in [-0.1, -0.05) is 5.16 Å². The lowest BCUT2D eigenvalue weighted by Gasteiger charge is -2.33. The molecule has 2 atom stereocenters. The van der Waals surface area contributed by atoms with E-state index in [1.165, 1.54) is 6.33 Å².